The Morgan fingerprint density at radius 3 is 3.00 bits per heavy atom. The number of ether oxygens (including phenoxy) is 1. The third-order valence-corrected chi connectivity index (χ3v) is 2.86. The first-order valence-electron chi connectivity index (χ1n) is 6.39. The summed E-state index contributed by atoms with van der Waals surface area (Å²) in [7, 11) is 0. The Kier molecular flexibility index (Phi) is 6.42. The van der Waals surface area contributed by atoms with Gasteiger partial charge in [-0.15, -0.1) is 0 Å². The molecule has 0 spiro atoms. The molecule has 0 radical (unpaired) electrons. The zero-order valence-corrected chi connectivity index (χ0v) is 10.5. The highest BCUT2D eigenvalue weighted by Gasteiger charge is 2.30. The Morgan fingerprint density at radius 2 is 2.31 bits per heavy atom. The molecule has 94 valence electrons. The van der Waals surface area contributed by atoms with Gasteiger partial charge in [0.2, 0.25) is 5.91 Å². The van der Waals surface area contributed by atoms with Crippen molar-refractivity contribution in [2.75, 3.05) is 32.8 Å². The Balaban J connectivity index is 2.17. The number of hydrogen-bond acceptors (Lipinski definition) is 3. The zero-order valence-electron chi connectivity index (χ0n) is 10.5. The highest BCUT2D eigenvalue weighted by Crippen LogP contribution is 2.11. The number of nitrogens with one attached hydrogen (secondary N) is 1. The Morgan fingerprint density at radius 1 is 1.50 bits per heavy atom. The second kappa shape index (κ2) is 7.63. The number of hydrogen-bond donors (Lipinski definition) is 1. The van der Waals surface area contributed by atoms with Crippen LogP contribution in [-0.2, 0) is 9.53 Å². The molecule has 1 aliphatic heterocycles. The lowest BCUT2D eigenvalue weighted by Gasteiger charge is -2.16. The van der Waals surface area contributed by atoms with Crippen LogP contribution in [0.2, 0.25) is 0 Å². The monoisotopic (exact) mass is 228 g/mol. The van der Waals surface area contributed by atoms with Gasteiger partial charge in [0.25, 0.3) is 0 Å². The van der Waals surface area contributed by atoms with Crippen LogP contribution in [0.5, 0.6) is 0 Å². The van der Waals surface area contributed by atoms with Crippen molar-refractivity contribution in [1.29, 1.82) is 0 Å². The van der Waals surface area contributed by atoms with Crippen LogP contribution < -0.4 is 5.32 Å². The first kappa shape index (κ1) is 13.5. The van der Waals surface area contributed by atoms with Crippen LogP contribution in [0, 0.1) is 0 Å². The summed E-state index contributed by atoms with van der Waals surface area (Å²) in [4.78, 5) is 13.8. The van der Waals surface area contributed by atoms with Gasteiger partial charge in [-0.25, -0.2) is 0 Å². The van der Waals surface area contributed by atoms with E-state index >= 15 is 0 Å². The molecular formula is C12H24N2O2. The van der Waals surface area contributed by atoms with E-state index in [4.69, 9.17) is 4.74 Å². The SMILES string of the molecule is CCCNC1CCN(CCCOCC)C1=O. The summed E-state index contributed by atoms with van der Waals surface area (Å²) in [5.41, 5.74) is 0. The molecule has 0 aromatic rings. The van der Waals surface area contributed by atoms with Gasteiger partial charge in [-0.2, -0.15) is 0 Å². The van der Waals surface area contributed by atoms with Gasteiger partial charge in [0.15, 0.2) is 0 Å². The van der Waals surface area contributed by atoms with Crippen LogP contribution in [0.3, 0.4) is 0 Å². The highest BCUT2D eigenvalue weighted by atomic mass is 16.5. The summed E-state index contributed by atoms with van der Waals surface area (Å²) in [6, 6.07) is 0.0621. The largest absolute Gasteiger partial charge is 0.382 e. The Bertz CT molecular complexity index is 209. The summed E-state index contributed by atoms with van der Waals surface area (Å²) in [6.07, 6.45) is 2.97. The summed E-state index contributed by atoms with van der Waals surface area (Å²) < 4.78 is 5.27. The molecule has 1 amide bonds. The first-order valence-corrected chi connectivity index (χ1v) is 6.39. The van der Waals surface area contributed by atoms with Crippen molar-refractivity contribution in [1.82, 2.24) is 10.2 Å². The van der Waals surface area contributed by atoms with Crippen LogP contribution in [-0.4, -0.2) is 49.7 Å². The third-order valence-electron chi connectivity index (χ3n) is 2.86. The predicted octanol–water partition coefficient (Wildman–Crippen LogP) is 1.01. The van der Waals surface area contributed by atoms with E-state index in [0.717, 1.165) is 52.1 Å². The number of carbonyl (C=O) groups is 1. The predicted molar refractivity (Wildman–Crippen MR) is 64.4 cm³/mol. The van der Waals surface area contributed by atoms with Gasteiger partial charge in [0.1, 0.15) is 0 Å². The minimum absolute atomic E-state index is 0.0621. The van der Waals surface area contributed by atoms with Crippen LogP contribution in [0.25, 0.3) is 0 Å². The molecule has 1 fully saturated rings. The first-order chi connectivity index (χ1) is 7.79. The average Bonchev–Trinajstić information content (AvgIpc) is 2.64. The molecule has 0 aromatic carbocycles. The lowest BCUT2D eigenvalue weighted by atomic mass is 10.2. The summed E-state index contributed by atoms with van der Waals surface area (Å²) in [6.45, 7) is 8.29. The molecule has 4 heteroatoms. The van der Waals surface area contributed by atoms with Crippen molar-refractivity contribution < 1.29 is 9.53 Å². The minimum atomic E-state index is 0.0621. The van der Waals surface area contributed by atoms with Crippen LogP contribution >= 0.6 is 0 Å². The number of likely N-dealkylation sites (tertiary alicyclic amines) is 1. The molecule has 1 saturated heterocycles. The van der Waals surface area contributed by atoms with Gasteiger partial charge in [-0.1, -0.05) is 6.92 Å². The summed E-state index contributed by atoms with van der Waals surface area (Å²) in [5.74, 6) is 0.268. The van der Waals surface area contributed by atoms with Gasteiger partial charge < -0.3 is 15.0 Å². The molecule has 16 heavy (non-hydrogen) atoms. The zero-order chi connectivity index (χ0) is 11.8. The van der Waals surface area contributed by atoms with E-state index in [2.05, 4.69) is 12.2 Å². The average molecular weight is 228 g/mol. The maximum atomic E-state index is 11.9. The van der Waals surface area contributed by atoms with E-state index in [1.165, 1.54) is 0 Å². The van der Waals surface area contributed by atoms with E-state index in [9.17, 15) is 4.79 Å². The molecule has 1 N–H and O–H groups in total. The van der Waals surface area contributed by atoms with Gasteiger partial charge in [0.05, 0.1) is 6.04 Å². The van der Waals surface area contributed by atoms with Crippen molar-refractivity contribution >= 4 is 5.91 Å². The van der Waals surface area contributed by atoms with Gasteiger partial charge in [-0.05, 0) is 32.7 Å². The van der Waals surface area contributed by atoms with Crippen molar-refractivity contribution in [3.8, 4) is 0 Å². The van der Waals surface area contributed by atoms with Crippen molar-refractivity contribution in [2.45, 2.75) is 39.2 Å². The van der Waals surface area contributed by atoms with Crippen LogP contribution in [0.1, 0.15) is 33.1 Å². The lowest BCUT2D eigenvalue weighted by molar-refractivity contribution is -0.129. The van der Waals surface area contributed by atoms with Crippen molar-refractivity contribution in [3.05, 3.63) is 0 Å². The van der Waals surface area contributed by atoms with Crippen molar-refractivity contribution in [3.63, 3.8) is 0 Å². The summed E-state index contributed by atoms with van der Waals surface area (Å²) in [5, 5.41) is 3.29. The molecular weight excluding hydrogens is 204 g/mol. The number of nitrogens with zero attached hydrogens (tertiary/aromatic N) is 1. The second-order valence-corrected chi connectivity index (χ2v) is 4.17. The molecule has 1 rings (SSSR count). The maximum absolute atomic E-state index is 11.9. The smallest absolute Gasteiger partial charge is 0.239 e. The lowest BCUT2D eigenvalue weighted by Crippen LogP contribution is -2.39. The standard InChI is InChI=1S/C12H24N2O2/c1-3-7-13-11-6-9-14(12(11)15)8-5-10-16-4-2/h11,13H,3-10H2,1-2H3. The quantitative estimate of drug-likeness (QED) is 0.631. The molecule has 0 aromatic heterocycles. The molecule has 0 bridgehead atoms. The summed E-state index contributed by atoms with van der Waals surface area (Å²) >= 11 is 0. The highest BCUT2D eigenvalue weighted by molar-refractivity contribution is 5.83. The van der Waals surface area contributed by atoms with E-state index in [1.54, 1.807) is 0 Å². The Labute approximate surface area is 98.3 Å². The number of rotatable bonds is 8. The molecule has 1 atom stereocenters. The van der Waals surface area contributed by atoms with Gasteiger partial charge >= 0.3 is 0 Å². The van der Waals surface area contributed by atoms with E-state index < -0.39 is 0 Å². The molecule has 0 saturated carbocycles. The molecule has 1 unspecified atom stereocenters. The fraction of sp³-hybridized carbons (Fsp3) is 0.917. The van der Waals surface area contributed by atoms with Crippen molar-refractivity contribution in [2.24, 2.45) is 0 Å². The van der Waals surface area contributed by atoms with E-state index in [-0.39, 0.29) is 11.9 Å². The van der Waals surface area contributed by atoms with Gasteiger partial charge in [-0.3, -0.25) is 4.79 Å². The van der Waals surface area contributed by atoms with Gasteiger partial charge in [0, 0.05) is 26.3 Å². The fourth-order valence-electron chi connectivity index (χ4n) is 1.97. The number of amides is 1. The van der Waals surface area contributed by atoms with Crippen LogP contribution in [0.4, 0.5) is 0 Å². The topological polar surface area (TPSA) is 41.6 Å². The normalized spacial score (nSPS) is 20.8. The molecule has 1 heterocycles. The van der Waals surface area contributed by atoms with Crippen LogP contribution in [0.15, 0.2) is 0 Å². The van der Waals surface area contributed by atoms with E-state index in [0.29, 0.717) is 0 Å². The minimum Gasteiger partial charge on any atom is -0.382 e. The molecule has 4 nitrogen and oxygen atoms in total. The fourth-order valence-corrected chi connectivity index (χ4v) is 1.97. The maximum Gasteiger partial charge on any atom is 0.239 e. The molecule has 0 aliphatic carbocycles. The van der Waals surface area contributed by atoms with E-state index in [1.807, 2.05) is 11.8 Å². The second-order valence-electron chi connectivity index (χ2n) is 4.17. The number of carbonyl (C=O) groups excluding carboxylic acids is 1. The third kappa shape index (κ3) is 4.10. The molecule has 1 aliphatic rings. The Hall–Kier alpha value is -0.610.